The van der Waals surface area contributed by atoms with E-state index < -0.39 is 0 Å². The van der Waals surface area contributed by atoms with Crippen molar-refractivity contribution < 1.29 is 9.47 Å². The molecule has 0 radical (unpaired) electrons. The largest absolute Gasteiger partial charge is 0.481 e. The minimum absolute atomic E-state index is 0.552. The monoisotopic (exact) mass is 279 g/mol. The van der Waals surface area contributed by atoms with Gasteiger partial charge < -0.3 is 14.8 Å². The summed E-state index contributed by atoms with van der Waals surface area (Å²) in [6.07, 6.45) is 5.20. The fourth-order valence-corrected chi connectivity index (χ4v) is 2.86. The molecular formula is C15H25N3O2. The van der Waals surface area contributed by atoms with Gasteiger partial charge in [-0.05, 0) is 31.1 Å². The fourth-order valence-electron chi connectivity index (χ4n) is 2.86. The van der Waals surface area contributed by atoms with Gasteiger partial charge in [-0.15, -0.1) is 0 Å². The Morgan fingerprint density at radius 1 is 1.10 bits per heavy atom. The summed E-state index contributed by atoms with van der Waals surface area (Å²) in [4.78, 5) is 8.29. The molecule has 3 atom stereocenters. The van der Waals surface area contributed by atoms with Crippen molar-refractivity contribution in [3.63, 3.8) is 0 Å². The van der Waals surface area contributed by atoms with Gasteiger partial charge in [0.2, 0.25) is 11.8 Å². The number of nitrogens with zero attached hydrogens (tertiary/aromatic N) is 2. The molecule has 1 aromatic heterocycles. The summed E-state index contributed by atoms with van der Waals surface area (Å²) in [6.45, 7) is 5.36. The minimum Gasteiger partial charge on any atom is -0.481 e. The number of hydrogen-bond acceptors (Lipinski definition) is 5. The molecule has 0 amide bonds. The molecule has 0 aliphatic heterocycles. The quantitative estimate of drug-likeness (QED) is 0.897. The predicted molar refractivity (Wildman–Crippen MR) is 77.9 cm³/mol. The van der Waals surface area contributed by atoms with Crippen LogP contribution >= 0.6 is 0 Å². The van der Waals surface area contributed by atoms with Gasteiger partial charge in [0.25, 0.3) is 0 Å². The highest BCUT2D eigenvalue weighted by molar-refractivity contribution is 5.34. The van der Waals surface area contributed by atoms with Crippen LogP contribution in [0.25, 0.3) is 0 Å². The lowest BCUT2D eigenvalue weighted by atomic mass is 9.79. The van der Waals surface area contributed by atoms with E-state index in [9.17, 15) is 0 Å². The number of nitrogens with one attached hydrogen (secondary N) is 1. The Kier molecular flexibility index (Phi) is 5.17. The van der Waals surface area contributed by atoms with E-state index in [2.05, 4.69) is 29.1 Å². The Morgan fingerprint density at radius 2 is 1.75 bits per heavy atom. The van der Waals surface area contributed by atoms with E-state index in [1.165, 1.54) is 25.6 Å². The van der Waals surface area contributed by atoms with E-state index in [1.807, 2.05) is 0 Å². The summed E-state index contributed by atoms with van der Waals surface area (Å²) in [6, 6.07) is 0.552. The molecule has 112 valence electrons. The first kappa shape index (κ1) is 15.0. The van der Waals surface area contributed by atoms with Crippen molar-refractivity contribution in [2.45, 2.75) is 45.7 Å². The smallest absolute Gasteiger partial charge is 0.224 e. The number of methoxy groups -OCH3 is 2. The molecule has 1 N–H and O–H groups in total. The van der Waals surface area contributed by atoms with Gasteiger partial charge in [0, 0.05) is 12.6 Å². The van der Waals surface area contributed by atoms with Gasteiger partial charge in [0.05, 0.1) is 19.8 Å². The average Bonchev–Trinajstić information content (AvgIpc) is 2.48. The summed E-state index contributed by atoms with van der Waals surface area (Å²) in [5.74, 6) is 2.78. The molecule has 0 bridgehead atoms. The number of aromatic nitrogens is 2. The van der Waals surface area contributed by atoms with E-state index in [1.54, 1.807) is 14.2 Å². The molecule has 1 aliphatic carbocycles. The van der Waals surface area contributed by atoms with Crippen molar-refractivity contribution in [1.29, 1.82) is 0 Å². The fraction of sp³-hybridized carbons (Fsp3) is 0.733. The van der Waals surface area contributed by atoms with Crippen molar-refractivity contribution in [2.24, 2.45) is 11.8 Å². The lowest BCUT2D eigenvalue weighted by molar-refractivity contribution is 0.224. The maximum absolute atomic E-state index is 5.29. The van der Waals surface area contributed by atoms with Crippen LogP contribution in [0, 0.1) is 11.8 Å². The van der Waals surface area contributed by atoms with Gasteiger partial charge in [-0.25, -0.2) is 9.97 Å². The molecule has 0 aromatic carbocycles. The molecule has 2 rings (SSSR count). The maximum Gasteiger partial charge on any atom is 0.224 e. The summed E-state index contributed by atoms with van der Waals surface area (Å²) >= 11 is 0. The highest BCUT2D eigenvalue weighted by Crippen LogP contribution is 2.30. The molecule has 1 aliphatic rings. The molecule has 1 saturated carbocycles. The van der Waals surface area contributed by atoms with E-state index in [0.29, 0.717) is 24.3 Å². The van der Waals surface area contributed by atoms with Gasteiger partial charge in [0.1, 0.15) is 6.33 Å². The second-order valence-corrected chi connectivity index (χ2v) is 5.72. The molecule has 1 aromatic rings. The normalized spacial score (nSPS) is 26.3. The van der Waals surface area contributed by atoms with Crippen LogP contribution in [0.3, 0.4) is 0 Å². The predicted octanol–water partition coefficient (Wildman–Crippen LogP) is 2.41. The standard InChI is InChI=1S/C15H25N3O2/c1-10-5-6-12(7-11(10)2)16-8-13-14(19-3)17-9-18-15(13)20-4/h9-12,16H,5-8H2,1-4H3. The highest BCUT2D eigenvalue weighted by atomic mass is 16.5. The average molecular weight is 279 g/mol. The first-order valence-electron chi connectivity index (χ1n) is 7.31. The van der Waals surface area contributed by atoms with Gasteiger partial charge in [0.15, 0.2) is 0 Å². The molecule has 5 nitrogen and oxygen atoms in total. The summed E-state index contributed by atoms with van der Waals surface area (Å²) < 4.78 is 10.6. The zero-order valence-corrected chi connectivity index (χ0v) is 12.8. The van der Waals surface area contributed by atoms with Crippen LogP contribution in [0.2, 0.25) is 0 Å². The van der Waals surface area contributed by atoms with E-state index in [0.717, 1.165) is 17.4 Å². The van der Waals surface area contributed by atoms with E-state index in [-0.39, 0.29) is 0 Å². The Morgan fingerprint density at radius 3 is 2.30 bits per heavy atom. The third kappa shape index (κ3) is 3.39. The molecule has 3 unspecified atom stereocenters. The molecule has 0 saturated heterocycles. The van der Waals surface area contributed by atoms with Crippen LogP contribution in [-0.2, 0) is 6.54 Å². The molecule has 5 heteroatoms. The highest BCUT2D eigenvalue weighted by Gasteiger charge is 2.24. The minimum atomic E-state index is 0.552. The van der Waals surface area contributed by atoms with Crippen LogP contribution in [0.1, 0.15) is 38.7 Å². The molecule has 1 heterocycles. The third-order valence-electron chi connectivity index (χ3n) is 4.42. The van der Waals surface area contributed by atoms with Crippen molar-refractivity contribution in [2.75, 3.05) is 14.2 Å². The Bertz CT molecular complexity index is 417. The number of hydrogen-bond donors (Lipinski definition) is 1. The first-order chi connectivity index (χ1) is 9.65. The molecular weight excluding hydrogens is 254 g/mol. The second kappa shape index (κ2) is 6.88. The molecule has 1 fully saturated rings. The van der Waals surface area contributed by atoms with E-state index in [4.69, 9.17) is 9.47 Å². The van der Waals surface area contributed by atoms with Gasteiger partial charge >= 0.3 is 0 Å². The van der Waals surface area contributed by atoms with Gasteiger partial charge in [-0.3, -0.25) is 0 Å². The zero-order valence-electron chi connectivity index (χ0n) is 12.8. The summed E-state index contributed by atoms with van der Waals surface area (Å²) in [5, 5.41) is 3.60. The first-order valence-corrected chi connectivity index (χ1v) is 7.31. The Hall–Kier alpha value is -1.36. The van der Waals surface area contributed by atoms with Gasteiger partial charge in [-0.1, -0.05) is 13.8 Å². The van der Waals surface area contributed by atoms with Crippen molar-refractivity contribution in [3.05, 3.63) is 11.9 Å². The lowest BCUT2D eigenvalue weighted by Crippen LogP contribution is -2.36. The topological polar surface area (TPSA) is 56.3 Å². The second-order valence-electron chi connectivity index (χ2n) is 5.72. The summed E-state index contributed by atoms with van der Waals surface area (Å²) in [7, 11) is 3.24. The third-order valence-corrected chi connectivity index (χ3v) is 4.42. The molecule has 0 spiro atoms. The van der Waals surface area contributed by atoms with Crippen molar-refractivity contribution in [1.82, 2.24) is 15.3 Å². The van der Waals surface area contributed by atoms with Crippen LogP contribution in [0.5, 0.6) is 11.8 Å². The van der Waals surface area contributed by atoms with Crippen LogP contribution in [-0.4, -0.2) is 30.2 Å². The van der Waals surface area contributed by atoms with Gasteiger partial charge in [-0.2, -0.15) is 0 Å². The van der Waals surface area contributed by atoms with Crippen LogP contribution in [0.15, 0.2) is 6.33 Å². The van der Waals surface area contributed by atoms with E-state index >= 15 is 0 Å². The summed E-state index contributed by atoms with van der Waals surface area (Å²) in [5.41, 5.74) is 0.892. The maximum atomic E-state index is 5.29. The number of ether oxygens (including phenoxy) is 2. The lowest BCUT2D eigenvalue weighted by Gasteiger charge is -2.32. The Balaban J connectivity index is 2.00. The van der Waals surface area contributed by atoms with Crippen molar-refractivity contribution >= 4 is 0 Å². The van der Waals surface area contributed by atoms with Crippen molar-refractivity contribution in [3.8, 4) is 11.8 Å². The Labute approximate surface area is 121 Å². The van der Waals surface area contributed by atoms with Crippen LogP contribution in [0.4, 0.5) is 0 Å². The molecule has 20 heavy (non-hydrogen) atoms. The SMILES string of the molecule is COc1ncnc(OC)c1CNC1CCC(C)C(C)C1. The zero-order chi connectivity index (χ0) is 14.5. The number of rotatable bonds is 5. The van der Waals surface area contributed by atoms with Crippen LogP contribution < -0.4 is 14.8 Å².